The molecule has 0 saturated heterocycles. The van der Waals surface area contributed by atoms with Crippen LogP contribution >= 0.6 is 11.3 Å². The minimum atomic E-state index is -0.421. The number of esters is 1. The maximum absolute atomic E-state index is 12.7. The Morgan fingerprint density at radius 3 is 2.88 bits per heavy atom. The standard InChI is InChI=1S/C18H22N2O4S/c1-5-23-18(22)14-10(3)11(4)25-17(14)19-16(21)15-12-8-9(2)6-7-13(12)24-20-15/h9H,5-8H2,1-4H3,(H,19,21). The van der Waals surface area contributed by atoms with Crippen LogP contribution in [0.3, 0.4) is 0 Å². The average Bonchev–Trinajstić information content (AvgIpc) is 3.09. The summed E-state index contributed by atoms with van der Waals surface area (Å²) < 4.78 is 10.5. The largest absolute Gasteiger partial charge is 0.462 e. The Morgan fingerprint density at radius 2 is 2.16 bits per heavy atom. The third-order valence-corrected chi connectivity index (χ3v) is 5.72. The molecule has 1 atom stereocenters. The van der Waals surface area contributed by atoms with Gasteiger partial charge in [-0.15, -0.1) is 11.3 Å². The smallest absolute Gasteiger partial charge is 0.341 e. The van der Waals surface area contributed by atoms with E-state index in [1.165, 1.54) is 11.3 Å². The third-order valence-electron chi connectivity index (χ3n) is 4.59. The molecule has 0 fully saturated rings. The van der Waals surface area contributed by atoms with Crippen LogP contribution in [0, 0.1) is 19.8 Å². The molecular weight excluding hydrogens is 340 g/mol. The number of aryl methyl sites for hydroxylation is 2. The number of thiophene rings is 1. The summed E-state index contributed by atoms with van der Waals surface area (Å²) in [5.74, 6) is 0.536. The Labute approximate surface area is 150 Å². The fourth-order valence-corrected chi connectivity index (χ4v) is 4.13. The van der Waals surface area contributed by atoms with Gasteiger partial charge in [0, 0.05) is 16.9 Å². The first-order chi connectivity index (χ1) is 11.9. The Bertz CT molecular complexity index is 821. The highest BCUT2D eigenvalue weighted by atomic mass is 32.1. The fourth-order valence-electron chi connectivity index (χ4n) is 3.08. The molecule has 2 heterocycles. The molecule has 2 aromatic rings. The fraction of sp³-hybridized carbons (Fsp3) is 0.500. The average molecular weight is 362 g/mol. The molecule has 0 saturated carbocycles. The Kier molecular flexibility index (Phi) is 4.94. The Hall–Kier alpha value is -2.15. The van der Waals surface area contributed by atoms with Crippen molar-refractivity contribution in [3.05, 3.63) is 33.0 Å². The summed E-state index contributed by atoms with van der Waals surface area (Å²) in [6.07, 6.45) is 2.64. The molecule has 134 valence electrons. The summed E-state index contributed by atoms with van der Waals surface area (Å²) in [7, 11) is 0. The van der Waals surface area contributed by atoms with Gasteiger partial charge in [-0.05, 0) is 45.1 Å². The number of hydrogen-bond acceptors (Lipinski definition) is 6. The van der Waals surface area contributed by atoms with E-state index in [0.717, 1.165) is 41.0 Å². The number of fused-ring (bicyclic) bond motifs is 1. The van der Waals surface area contributed by atoms with E-state index < -0.39 is 5.97 Å². The van der Waals surface area contributed by atoms with E-state index in [2.05, 4.69) is 17.4 Å². The number of rotatable bonds is 4. The lowest BCUT2D eigenvalue weighted by atomic mass is 9.88. The van der Waals surface area contributed by atoms with Crippen molar-refractivity contribution in [2.75, 3.05) is 11.9 Å². The van der Waals surface area contributed by atoms with Gasteiger partial charge in [-0.2, -0.15) is 0 Å². The van der Waals surface area contributed by atoms with Crippen molar-refractivity contribution in [2.24, 2.45) is 5.92 Å². The number of nitrogens with one attached hydrogen (secondary N) is 1. The molecular formula is C18H22N2O4S. The molecule has 0 aliphatic heterocycles. The van der Waals surface area contributed by atoms with Crippen molar-refractivity contribution in [3.8, 4) is 0 Å². The van der Waals surface area contributed by atoms with Crippen molar-refractivity contribution in [3.63, 3.8) is 0 Å². The van der Waals surface area contributed by atoms with E-state index in [1.54, 1.807) is 6.92 Å². The van der Waals surface area contributed by atoms with Gasteiger partial charge in [0.25, 0.3) is 5.91 Å². The van der Waals surface area contributed by atoms with Crippen LogP contribution in [-0.2, 0) is 17.6 Å². The number of aromatic nitrogens is 1. The second kappa shape index (κ2) is 7.00. The number of ether oxygens (including phenoxy) is 1. The molecule has 7 heteroatoms. The summed E-state index contributed by atoms with van der Waals surface area (Å²) >= 11 is 1.37. The first kappa shape index (κ1) is 17.7. The van der Waals surface area contributed by atoms with Crippen LogP contribution in [-0.4, -0.2) is 23.6 Å². The van der Waals surface area contributed by atoms with Crippen molar-refractivity contribution in [2.45, 2.75) is 47.0 Å². The van der Waals surface area contributed by atoms with Crippen LogP contribution in [0.1, 0.15) is 62.9 Å². The van der Waals surface area contributed by atoms with E-state index >= 15 is 0 Å². The molecule has 3 rings (SSSR count). The summed E-state index contributed by atoms with van der Waals surface area (Å²) in [5, 5.41) is 7.30. The van der Waals surface area contributed by atoms with E-state index in [0.29, 0.717) is 22.2 Å². The number of amides is 1. The van der Waals surface area contributed by atoms with E-state index in [1.807, 2.05) is 13.8 Å². The molecule has 0 aromatic carbocycles. The van der Waals surface area contributed by atoms with Crippen LogP contribution in [0.4, 0.5) is 5.00 Å². The van der Waals surface area contributed by atoms with E-state index in [-0.39, 0.29) is 12.5 Å². The lowest BCUT2D eigenvalue weighted by Crippen LogP contribution is -2.19. The van der Waals surface area contributed by atoms with Crippen molar-refractivity contribution in [1.29, 1.82) is 0 Å². The van der Waals surface area contributed by atoms with Crippen LogP contribution in [0.2, 0.25) is 0 Å². The highest BCUT2D eigenvalue weighted by Gasteiger charge is 2.29. The predicted molar refractivity (Wildman–Crippen MR) is 95.4 cm³/mol. The molecule has 1 amide bonds. The number of carbonyl (C=O) groups excluding carboxylic acids is 2. The van der Waals surface area contributed by atoms with Gasteiger partial charge in [-0.3, -0.25) is 4.79 Å². The number of carbonyl (C=O) groups is 2. The van der Waals surface area contributed by atoms with Crippen molar-refractivity contribution >= 4 is 28.2 Å². The van der Waals surface area contributed by atoms with E-state index in [9.17, 15) is 9.59 Å². The summed E-state index contributed by atoms with van der Waals surface area (Å²) in [6, 6.07) is 0. The Morgan fingerprint density at radius 1 is 1.40 bits per heavy atom. The minimum absolute atomic E-state index is 0.287. The predicted octanol–water partition coefficient (Wildman–Crippen LogP) is 3.91. The van der Waals surface area contributed by atoms with Crippen LogP contribution in [0.5, 0.6) is 0 Å². The first-order valence-corrected chi connectivity index (χ1v) is 9.29. The molecule has 0 radical (unpaired) electrons. The first-order valence-electron chi connectivity index (χ1n) is 8.48. The van der Waals surface area contributed by atoms with Gasteiger partial charge in [-0.25, -0.2) is 4.79 Å². The molecule has 1 aliphatic rings. The second-order valence-electron chi connectivity index (χ2n) is 6.44. The zero-order chi connectivity index (χ0) is 18.1. The topological polar surface area (TPSA) is 81.4 Å². The zero-order valence-electron chi connectivity index (χ0n) is 14.9. The summed E-state index contributed by atoms with van der Waals surface area (Å²) in [4.78, 5) is 25.9. The molecule has 1 N–H and O–H groups in total. The molecule has 6 nitrogen and oxygen atoms in total. The van der Waals surface area contributed by atoms with Gasteiger partial charge in [-0.1, -0.05) is 12.1 Å². The molecule has 2 aromatic heterocycles. The summed E-state index contributed by atoms with van der Waals surface area (Å²) in [5.41, 5.74) is 2.46. The molecule has 25 heavy (non-hydrogen) atoms. The van der Waals surface area contributed by atoms with E-state index in [4.69, 9.17) is 9.26 Å². The SMILES string of the molecule is CCOC(=O)c1c(NC(=O)c2noc3c2CC(C)CC3)sc(C)c1C. The van der Waals surface area contributed by atoms with Gasteiger partial charge < -0.3 is 14.6 Å². The second-order valence-corrected chi connectivity index (χ2v) is 7.67. The van der Waals surface area contributed by atoms with Gasteiger partial charge >= 0.3 is 5.97 Å². The van der Waals surface area contributed by atoms with Crippen LogP contribution < -0.4 is 5.32 Å². The maximum atomic E-state index is 12.7. The third kappa shape index (κ3) is 3.33. The number of hydrogen-bond donors (Lipinski definition) is 1. The van der Waals surface area contributed by atoms with Gasteiger partial charge in [0.15, 0.2) is 5.69 Å². The summed E-state index contributed by atoms with van der Waals surface area (Å²) in [6.45, 7) is 7.97. The minimum Gasteiger partial charge on any atom is -0.462 e. The normalized spacial score (nSPS) is 16.4. The van der Waals surface area contributed by atoms with Gasteiger partial charge in [0.1, 0.15) is 10.8 Å². The molecule has 0 bridgehead atoms. The quantitative estimate of drug-likeness (QED) is 0.834. The zero-order valence-corrected chi connectivity index (χ0v) is 15.7. The molecule has 1 aliphatic carbocycles. The number of anilines is 1. The number of nitrogens with zero attached hydrogens (tertiary/aromatic N) is 1. The van der Waals surface area contributed by atoms with Gasteiger partial charge in [0.2, 0.25) is 0 Å². The van der Waals surface area contributed by atoms with Gasteiger partial charge in [0.05, 0.1) is 12.2 Å². The lowest BCUT2D eigenvalue weighted by molar-refractivity contribution is 0.0527. The molecule has 0 spiro atoms. The highest BCUT2D eigenvalue weighted by molar-refractivity contribution is 7.16. The van der Waals surface area contributed by atoms with Crippen molar-refractivity contribution in [1.82, 2.24) is 5.16 Å². The monoisotopic (exact) mass is 362 g/mol. The van der Waals surface area contributed by atoms with Crippen LogP contribution in [0.25, 0.3) is 0 Å². The Balaban J connectivity index is 1.89. The maximum Gasteiger partial charge on any atom is 0.341 e. The molecule has 1 unspecified atom stereocenters. The van der Waals surface area contributed by atoms with Crippen LogP contribution in [0.15, 0.2) is 4.52 Å². The highest BCUT2D eigenvalue weighted by Crippen LogP contribution is 2.34. The van der Waals surface area contributed by atoms with Crippen molar-refractivity contribution < 1.29 is 18.8 Å². The lowest BCUT2D eigenvalue weighted by Gasteiger charge is -2.16.